The van der Waals surface area contributed by atoms with Crippen LogP contribution < -0.4 is 4.57 Å². The minimum absolute atomic E-state index is 0.0884. The topological polar surface area (TPSA) is 19.7 Å². The zero-order chi connectivity index (χ0) is 9.90. The maximum Gasteiger partial charge on any atom is 0.242 e. The molecule has 1 N–H and O–H groups in total. The minimum Gasteiger partial charge on any atom is -0.250 e. The summed E-state index contributed by atoms with van der Waals surface area (Å²) in [6.45, 7) is 8.45. The van der Waals surface area contributed by atoms with Gasteiger partial charge in [-0.3, -0.25) is 4.98 Å². The molecule has 1 atom stereocenters. The number of aromatic amines is 1. The van der Waals surface area contributed by atoms with Crippen LogP contribution in [0.4, 0.5) is 0 Å². The van der Waals surface area contributed by atoms with Crippen molar-refractivity contribution in [2.24, 2.45) is 5.41 Å². The van der Waals surface area contributed by atoms with Gasteiger partial charge in [-0.05, 0) is 27.7 Å². The SMILES string of the molecule is CC(C#CC(C)(C)C)[n+]1cc[nH]c1. The van der Waals surface area contributed by atoms with Crippen LogP contribution in [-0.2, 0) is 0 Å². The highest BCUT2D eigenvalue weighted by Gasteiger charge is 2.07. The largest absolute Gasteiger partial charge is 0.250 e. The fourth-order valence-electron chi connectivity index (χ4n) is 0.938. The Morgan fingerprint density at radius 2 is 2.08 bits per heavy atom. The normalized spacial score (nSPS) is 13.2. The Kier molecular flexibility index (Phi) is 2.77. The molecule has 0 amide bonds. The van der Waals surface area contributed by atoms with Crippen LogP contribution in [-0.4, -0.2) is 4.98 Å². The van der Waals surface area contributed by atoms with Gasteiger partial charge in [0.1, 0.15) is 12.4 Å². The summed E-state index contributed by atoms with van der Waals surface area (Å²) in [5.74, 6) is 6.44. The number of hydrogen-bond donors (Lipinski definition) is 1. The van der Waals surface area contributed by atoms with Crippen LogP contribution in [0.15, 0.2) is 18.7 Å². The van der Waals surface area contributed by atoms with E-state index in [1.165, 1.54) is 0 Å². The number of nitrogens with zero attached hydrogens (tertiary/aromatic N) is 1. The van der Waals surface area contributed by atoms with Gasteiger partial charge in [0.05, 0.1) is 0 Å². The molecule has 2 heteroatoms. The fourth-order valence-corrected chi connectivity index (χ4v) is 0.938. The van der Waals surface area contributed by atoms with Gasteiger partial charge in [0.15, 0.2) is 6.04 Å². The summed E-state index contributed by atoms with van der Waals surface area (Å²) in [6.07, 6.45) is 5.80. The van der Waals surface area contributed by atoms with Crippen molar-refractivity contribution in [3.05, 3.63) is 18.7 Å². The number of hydrogen-bond acceptors (Lipinski definition) is 0. The summed E-state index contributed by atoms with van der Waals surface area (Å²) in [5.41, 5.74) is 0.0884. The van der Waals surface area contributed by atoms with Gasteiger partial charge >= 0.3 is 0 Å². The van der Waals surface area contributed by atoms with Crippen molar-refractivity contribution in [3.8, 4) is 11.8 Å². The Morgan fingerprint density at radius 3 is 2.54 bits per heavy atom. The second kappa shape index (κ2) is 3.66. The van der Waals surface area contributed by atoms with Crippen LogP contribution >= 0.6 is 0 Å². The number of rotatable bonds is 1. The van der Waals surface area contributed by atoms with E-state index in [9.17, 15) is 0 Å². The van der Waals surface area contributed by atoms with Gasteiger partial charge in [0.25, 0.3) is 0 Å². The van der Waals surface area contributed by atoms with E-state index in [0.717, 1.165) is 0 Å². The Hall–Kier alpha value is -1.23. The van der Waals surface area contributed by atoms with Crippen LogP contribution in [0.3, 0.4) is 0 Å². The van der Waals surface area contributed by atoms with Crippen LogP contribution in [0.2, 0.25) is 0 Å². The van der Waals surface area contributed by atoms with Gasteiger partial charge in [-0.25, -0.2) is 4.57 Å². The van der Waals surface area contributed by atoms with E-state index in [1.54, 1.807) is 0 Å². The third-order valence-corrected chi connectivity index (χ3v) is 1.67. The Bertz CT molecular complexity index is 306. The van der Waals surface area contributed by atoms with Gasteiger partial charge < -0.3 is 0 Å². The summed E-state index contributed by atoms with van der Waals surface area (Å²) < 4.78 is 2.05. The predicted octanol–water partition coefficient (Wildman–Crippen LogP) is 1.91. The molecule has 1 aromatic rings. The molecule has 13 heavy (non-hydrogen) atoms. The first-order valence-electron chi connectivity index (χ1n) is 4.55. The van der Waals surface area contributed by atoms with E-state index >= 15 is 0 Å². The molecule has 0 bridgehead atoms. The Labute approximate surface area is 80.0 Å². The highest BCUT2D eigenvalue weighted by atomic mass is 15.0. The first-order valence-corrected chi connectivity index (χ1v) is 4.55. The number of H-pyrrole nitrogens is 1. The highest BCUT2D eigenvalue weighted by molar-refractivity contribution is 5.08. The van der Waals surface area contributed by atoms with Gasteiger partial charge in [-0.1, -0.05) is 11.8 Å². The maximum absolute atomic E-state index is 3.23. The van der Waals surface area contributed by atoms with Gasteiger partial charge in [0, 0.05) is 5.41 Å². The van der Waals surface area contributed by atoms with Crippen molar-refractivity contribution >= 4 is 0 Å². The molecule has 0 fully saturated rings. The van der Waals surface area contributed by atoms with Crippen molar-refractivity contribution < 1.29 is 4.57 Å². The standard InChI is InChI=1S/C11H16N2/c1-10(5-6-11(2,3)4)13-8-7-12-9-13/h7-10H,1-4H3/p+1. The monoisotopic (exact) mass is 177 g/mol. The highest BCUT2D eigenvalue weighted by Crippen LogP contribution is 2.10. The maximum atomic E-state index is 3.23. The zero-order valence-corrected chi connectivity index (χ0v) is 8.76. The van der Waals surface area contributed by atoms with E-state index in [1.807, 2.05) is 18.7 Å². The van der Waals surface area contributed by atoms with Gasteiger partial charge in [0.2, 0.25) is 6.33 Å². The number of imidazole rings is 1. The molecule has 0 saturated heterocycles. The van der Waals surface area contributed by atoms with Gasteiger partial charge in [-0.15, -0.1) is 0 Å². The van der Waals surface area contributed by atoms with Crippen molar-refractivity contribution in [1.82, 2.24) is 4.98 Å². The zero-order valence-electron chi connectivity index (χ0n) is 8.76. The Balaban J connectivity index is 2.69. The fraction of sp³-hybridized carbons (Fsp3) is 0.545. The molecule has 70 valence electrons. The molecule has 1 aromatic heterocycles. The molecule has 0 saturated carbocycles. The minimum atomic E-state index is 0.0884. The van der Waals surface area contributed by atoms with Crippen LogP contribution in [0.5, 0.6) is 0 Å². The van der Waals surface area contributed by atoms with Crippen molar-refractivity contribution in [3.63, 3.8) is 0 Å². The summed E-state index contributed by atoms with van der Waals surface area (Å²) >= 11 is 0. The van der Waals surface area contributed by atoms with Crippen molar-refractivity contribution in [2.45, 2.75) is 33.7 Å². The summed E-state index contributed by atoms with van der Waals surface area (Å²) in [5, 5.41) is 0. The molecule has 0 aliphatic heterocycles. The Morgan fingerprint density at radius 1 is 1.38 bits per heavy atom. The second-order valence-corrected chi connectivity index (χ2v) is 4.25. The second-order valence-electron chi connectivity index (χ2n) is 4.25. The molecule has 1 heterocycles. The molecular weight excluding hydrogens is 160 g/mol. The van der Waals surface area contributed by atoms with Crippen LogP contribution in [0.1, 0.15) is 33.7 Å². The molecule has 2 nitrogen and oxygen atoms in total. The van der Waals surface area contributed by atoms with Crippen molar-refractivity contribution in [1.29, 1.82) is 0 Å². The number of nitrogens with one attached hydrogen (secondary N) is 1. The molecule has 1 rings (SSSR count). The smallest absolute Gasteiger partial charge is 0.242 e. The summed E-state index contributed by atoms with van der Waals surface area (Å²) in [6, 6.07) is 0.241. The van der Waals surface area contributed by atoms with Crippen LogP contribution in [0, 0.1) is 17.3 Å². The summed E-state index contributed by atoms with van der Waals surface area (Å²) in [7, 11) is 0. The lowest BCUT2D eigenvalue weighted by atomic mass is 9.97. The molecule has 0 aromatic carbocycles. The third-order valence-electron chi connectivity index (χ3n) is 1.67. The van der Waals surface area contributed by atoms with Crippen molar-refractivity contribution in [2.75, 3.05) is 0 Å². The molecule has 0 aliphatic rings. The van der Waals surface area contributed by atoms with E-state index in [-0.39, 0.29) is 11.5 Å². The lowest BCUT2D eigenvalue weighted by molar-refractivity contribution is -0.705. The van der Waals surface area contributed by atoms with E-state index in [0.29, 0.717) is 0 Å². The van der Waals surface area contributed by atoms with E-state index in [2.05, 4.69) is 49.1 Å². The average molecular weight is 177 g/mol. The van der Waals surface area contributed by atoms with E-state index in [4.69, 9.17) is 0 Å². The van der Waals surface area contributed by atoms with E-state index < -0.39 is 0 Å². The number of aromatic nitrogens is 2. The van der Waals surface area contributed by atoms with Crippen LogP contribution in [0.25, 0.3) is 0 Å². The molecule has 0 aliphatic carbocycles. The van der Waals surface area contributed by atoms with Gasteiger partial charge in [-0.2, -0.15) is 0 Å². The third kappa shape index (κ3) is 3.33. The quantitative estimate of drug-likeness (QED) is 0.499. The lowest BCUT2D eigenvalue weighted by Crippen LogP contribution is -2.34. The summed E-state index contributed by atoms with van der Waals surface area (Å²) in [4.78, 5) is 3.00. The molecule has 1 unspecified atom stereocenters. The average Bonchev–Trinajstić information content (AvgIpc) is 2.50. The molecule has 0 radical (unpaired) electrons. The first kappa shape index (κ1) is 9.85. The molecule has 0 spiro atoms. The lowest BCUT2D eigenvalue weighted by Gasteiger charge is -2.07. The molecular formula is C11H17N2+. The first-order chi connectivity index (χ1) is 5.99. The predicted molar refractivity (Wildman–Crippen MR) is 52.9 cm³/mol.